The zero-order valence-corrected chi connectivity index (χ0v) is 15.9. The van der Waals surface area contributed by atoms with Crippen molar-refractivity contribution >= 4 is 55.0 Å². The molecule has 11 heteroatoms. The Morgan fingerprint density at radius 3 is 2.79 bits per heavy atom. The van der Waals surface area contributed by atoms with Crippen molar-refractivity contribution in [3.8, 4) is 0 Å². The van der Waals surface area contributed by atoms with Gasteiger partial charge in [-0.05, 0) is 30.3 Å². The first-order chi connectivity index (χ1) is 13.7. The van der Waals surface area contributed by atoms with Gasteiger partial charge in [0.15, 0.2) is 0 Å². The number of alkyl halides is 3. The molecule has 0 saturated carbocycles. The van der Waals surface area contributed by atoms with E-state index in [1.54, 1.807) is 18.3 Å². The van der Waals surface area contributed by atoms with Crippen LogP contribution in [-0.2, 0) is 17.5 Å². The summed E-state index contributed by atoms with van der Waals surface area (Å²) in [5.41, 5.74) is -1.52. The molecule has 29 heavy (non-hydrogen) atoms. The lowest BCUT2D eigenvalue weighted by Crippen LogP contribution is -2.28. The van der Waals surface area contributed by atoms with Crippen molar-refractivity contribution in [1.82, 2.24) is 14.5 Å². The Morgan fingerprint density at radius 1 is 1.24 bits per heavy atom. The largest absolute Gasteiger partial charge is 0.418 e. The van der Waals surface area contributed by atoms with E-state index in [4.69, 9.17) is 11.6 Å². The van der Waals surface area contributed by atoms with Gasteiger partial charge in [0.05, 0.1) is 23.1 Å². The zero-order valence-electron chi connectivity index (χ0n) is 14.3. The lowest BCUT2D eigenvalue weighted by atomic mass is 10.1. The van der Waals surface area contributed by atoms with E-state index in [0.717, 1.165) is 33.4 Å². The van der Waals surface area contributed by atoms with Crippen LogP contribution in [0.15, 0.2) is 47.7 Å². The molecule has 1 amide bonds. The van der Waals surface area contributed by atoms with Gasteiger partial charge < -0.3 is 5.32 Å². The van der Waals surface area contributed by atoms with E-state index in [0.29, 0.717) is 15.0 Å². The molecule has 0 aliphatic carbocycles. The van der Waals surface area contributed by atoms with Gasteiger partial charge in [-0.25, -0.2) is 9.97 Å². The normalized spacial score (nSPS) is 11.9. The van der Waals surface area contributed by atoms with Gasteiger partial charge in [-0.2, -0.15) is 13.2 Å². The summed E-state index contributed by atoms with van der Waals surface area (Å²) in [6, 6.07) is 6.52. The number of carbonyl (C=O) groups excluding carboxylic acids is 1. The first-order valence-corrected chi connectivity index (χ1v) is 9.33. The fourth-order valence-electron chi connectivity index (χ4n) is 2.82. The number of pyridine rings is 1. The number of hydrogen-bond donors (Lipinski definition) is 1. The van der Waals surface area contributed by atoms with Gasteiger partial charge in [0.2, 0.25) is 5.91 Å². The first kappa shape index (κ1) is 19.3. The van der Waals surface area contributed by atoms with E-state index in [1.807, 2.05) is 0 Å². The molecule has 4 aromatic rings. The number of fused-ring (bicyclic) bond motifs is 3. The van der Waals surface area contributed by atoms with E-state index in [1.165, 1.54) is 12.4 Å². The van der Waals surface area contributed by atoms with Crippen molar-refractivity contribution in [2.45, 2.75) is 12.7 Å². The molecule has 6 nitrogen and oxygen atoms in total. The first-order valence-electron chi connectivity index (χ1n) is 8.13. The summed E-state index contributed by atoms with van der Waals surface area (Å²) in [5, 5.41) is 2.79. The van der Waals surface area contributed by atoms with Crippen molar-refractivity contribution in [2.24, 2.45) is 0 Å². The van der Waals surface area contributed by atoms with Gasteiger partial charge in [0.25, 0.3) is 5.56 Å². The number of amides is 1. The number of aromatic nitrogens is 3. The SMILES string of the molecule is O=C(Cn1cnc2c(sc3ncccc32)c1=O)Nc1ccc(Cl)cc1C(F)(F)F. The molecule has 0 atom stereocenters. The molecular weight excluding hydrogens is 429 g/mol. The third kappa shape index (κ3) is 3.68. The van der Waals surface area contributed by atoms with E-state index in [2.05, 4.69) is 15.3 Å². The molecule has 1 aromatic carbocycles. The summed E-state index contributed by atoms with van der Waals surface area (Å²) in [5.74, 6) is -0.805. The molecule has 0 aliphatic heterocycles. The standard InChI is InChI=1S/C18H10ClF3N4O2S/c19-9-3-4-12(11(6-9)18(20,21)22)25-13(27)7-26-8-24-14-10-2-1-5-23-16(10)29-15(14)17(26)28/h1-6,8H,7H2,(H,25,27). The maximum absolute atomic E-state index is 13.2. The minimum absolute atomic E-state index is 0.112. The van der Waals surface area contributed by atoms with Gasteiger partial charge in [-0.3, -0.25) is 14.2 Å². The molecule has 148 valence electrons. The Kier molecular flexibility index (Phi) is 4.75. The van der Waals surface area contributed by atoms with Gasteiger partial charge in [-0.15, -0.1) is 11.3 Å². The highest BCUT2D eigenvalue weighted by Crippen LogP contribution is 2.36. The van der Waals surface area contributed by atoms with Crippen LogP contribution in [0.25, 0.3) is 20.4 Å². The Bertz CT molecular complexity index is 1320. The summed E-state index contributed by atoms with van der Waals surface area (Å²) in [6.07, 6.45) is -1.92. The Labute approximate surface area is 169 Å². The number of hydrogen-bond acceptors (Lipinski definition) is 5. The van der Waals surface area contributed by atoms with Crippen LogP contribution in [0.3, 0.4) is 0 Å². The van der Waals surface area contributed by atoms with Crippen molar-refractivity contribution in [1.29, 1.82) is 0 Å². The molecular formula is C18H10ClF3N4O2S. The van der Waals surface area contributed by atoms with Crippen LogP contribution in [0.1, 0.15) is 5.56 Å². The summed E-state index contributed by atoms with van der Waals surface area (Å²) in [6.45, 7) is -0.497. The van der Waals surface area contributed by atoms with Crippen LogP contribution in [-0.4, -0.2) is 20.4 Å². The minimum atomic E-state index is -4.70. The zero-order chi connectivity index (χ0) is 20.8. The molecule has 0 aliphatic rings. The molecule has 3 aromatic heterocycles. The third-order valence-electron chi connectivity index (χ3n) is 4.10. The molecule has 1 N–H and O–H groups in total. The molecule has 3 heterocycles. The van der Waals surface area contributed by atoms with E-state index in [9.17, 15) is 22.8 Å². The van der Waals surface area contributed by atoms with Gasteiger partial charge >= 0.3 is 6.18 Å². The van der Waals surface area contributed by atoms with Crippen molar-refractivity contribution in [2.75, 3.05) is 5.32 Å². The molecule has 0 radical (unpaired) electrons. The van der Waals surface area contributed by atoms with Crippen LogP contribution in [0, 0.1) is 0 Å². The highest BCUT2D eigenvalue weighted by Gasteiger charge is 2.34. The number of rotatable bonds is 3. The molecule has 4 rings (SSSR count). The van der Waals surface area contributed by atoms with Crippen LogP contribution >= 0.6 is 22.9 Å². The van der Waals surface area contributed by atoms with Crippen LogP contribution in [0.4, 0.5) is 18.9 Å². The molecule has 0 unspecified atom stereocenters. The van der Waals surface area contributed by atoms with Crippen LogP contribution in [0.2, 0.25) is 5.02 Å². The maximum atomic E-state index is 13.2. The molecule has 0 spiro atoms. The molecule has 0 bridgehead atoms. The lowest BCUT2D eigenvalue weighted by molar-refractivity contribution is -0.137. The molecule has 0 saturated heterocycles. The van der Waals surface area contributed by atoms with Crippen LogP contribution < -0.4 is 10.9 Å². The van der Waals surface area contributed by atoms with E-state index in [-0.39, 0.29) is 5.02 Å². The number of carbonyl (C=O) groups is 1. The Morgan fingerprint density at radius 2 is 2.03 bits per heavy atom. The quantitative estimate of drug-likeness (QED) is 0.517. The molecule has 0 fully saturated rings. The summed E-state index contributed by atoms with van der Waals surface area (Å²) >= 11 is 6.77. The maximum Gasteiger partial charge on any atom is 0.418 e. The lowest BCUT2D eigenvalue weighted by Gasteiger charge is -2.14. The predicted octanol–water partition coefficient (Wildman–Crippen LogP) is 4.32. The summed E-state index contributed by atoms with van der Waals surface area (Å²) in [4.78, 5) is 34.0. The Hall–Kier alpha value is -2.98. The minimum Gasteiger partial charge on any atom is -0.324 e. The third-order valence-corrected chi connectivity index (χ3v) is 5.42. The number of halogens is 4. The Balaban J connectivity index is 1.64. The van der Waals surface area contributed by atoms with Crippen molar-refractivity contribution < 1.29 is 18.0 Å². The van der Waals surface area contributed by atoms with Gasteiger partial charge in [0.1, 0.15) is 16.1 Å². The van der Waals surface area contributed by atoms with Gasteiger partial charge in [-0.1, -0.05) is 11.6 Å². The fraction of sp³-hybridized carbons (Fsp3) is 0.111. The average Bonchev–Trinajstić information content (AvgIpc) is 3.04. The fourth-order valence-corrected chi connectivity index (χ4v) is 4.04. The smallest absolute Gasteiger partial charge is 0.324 e. The second-order valence-corrected chi connectivity index (χ2v) is 7.48. The number of nitrogens with one attached hydrogen (secondary N) is 1. The average molecular weight is 439 g/mol. The van der Waals surface area contributed by atoms with Crippen molar-refractivity contribution in [3.63, 3.8) is 0 Å². The number of benzene rings is 1. The number of nitrogens with zero attached hydrogens (tertiary/aromatic N) is 3. The summed E-state index contributed by atoms with van der Waals surface area (Å²) in [7, 11) is 0. The van der Waals surface area contributed by atoms with Gasteiger partial charge in [0, 0.05) is 16.6 Å². The highest BCUT2D eigenvalue weighted by atomic mass is 35.5. The second kappa shape index (κ2) is 7.12. The van der Waals surface area contributed by atoms with E-state index < -0.39 is 35.4 Å². The van der Waals surface area contributed by atoms with Crippen molar-refractivity contribution in [3.05, 3.63) is 63.8 Å². The number of anilines is 1. The second-order valence-electron chi connectivity index (χ2n) is 6.05. The monoisotopic (exact) mass is 438 g/mol. The number of thiophene rings is 1. The van der Waals surface area contributed by atoms with Crippen LogP contribution in [0.5, 0.6) is 0 Å². The topological polar surface area (TPSA) is 76.9 Å². The highest BCUT2D eigenvalue weighted by molar-refractivity contribution is 7.25. The van der Waals surface area contributed by atoms with E-state index >= 15 is 0 Å². The summed E-state index contributed by atoms with van der Waals surface area (Å²) < 4.78 is 40.9. The predicted molar refractivity (Wildman–Crippen MR) is 104 cm³/mol.